The van der Waals surface area contributed by atoms with Gasteiger partial charge in [0.25, 0.3) is 0 Å². The molecule has 0 bridgehead atoms. The number of hydrogen-bond donors (Lipinski definition) is 0. The van der Waals surface area contributed by atoms with Gasteiger partial charge in [0.2, 0.25) is 0 Å². The summed E-state index contributed by atoms with van der Waals surface area (Å²) in [5.41, 5.74) is 3.63. The zero-order valence-corrected chi connectivity index (χ0v) is 8.86. The van der Waals surface area contributed by atoms with Crippen molar-refractivity contribution in [3.8, 4) is 6.07 Å². The van der Waals surface area contributed by atoms with Gasteiger partial charge in [0.1, 0.15) is 6.07 Å². The molecule has 1 rings (SSSR count). The Kier molecular flexibility index (Phi) is 2.49. The van der Waals surface area contributed by atoms with E-state index >= 15 is 0 Å². The predicted octanol–water partition coefficient (Wildman–Crippen LogP) is 2.64. The number of halogens is 1. The number of rotatable bonds is 0. The molecule has 0 aromatic carbocycles. The van der Waals surface area contributed by atoms with Crippen LogP contribution < -0.4 is 0 Å². The minimum atomic E-state index is 0.468. The Morgan fingerprint density at radius 2 is 1.83 bits per heavy atom. The molecule has 0 radical (unpaired) electrons. The quantitative estimate of drug-likeness (QED) is 0.680. The van der Waals surface area contributed by atoms with Crippen molar-refractivity contribution in [2.45, 2.75) is 20.8 Å². The van der Waals surface area contributed by atoms with Crippen molar-refractivity contribution >= 4 is 15.9 Å². The van der Waals surface area contributed by atoms with Crippen molar-refractivity contribution in [1.82, 2.24) is 4.98 Å². The van der Waals surface area contributed by atoms with Gasteiger partial charge in [-0.15, -0.1) is 0 Å². The van der Waals surface area contributed by atoms with Crippen LogP contribution in [0.25, 0.3) is 0 Å². The maximum absolute atomic E-state index is 8.72. The highest BCUT2D eigenvalue weighted by Gasteiger charge is 2.08. The predicted molar refractivity (Wildman–Crippen MR) is 50.9 cm³/mol. The molecule has 0 N–H and O–H groups in total. The molecular weight excluding hydrogens is 216 g/mol. The third-order valence-corrected chi connectivity index (χ3v) is 3.00. The highest BCUT2D eigenvalue weighted by molar-refractivity contribution is 9.10. The summed E-state index contributed by atoms with van der Waals surface area (Å²) in [6, 6.07) is 2.05. The number of pyridine rings is 1. The van der Waals surface area contributed by atoms with Gasteiger partial charge in [-0.2, -0.15) is 5.26 Å². The van der Waals surface area contributed by atoms with Crippen molar-refractivity contribution in [1.29, 1.82) is 5.26 Å². The van der Waals surface area contributed by atoms with Crippen LogP contribution in [0.3, 0.4) is 0 Å². The maximum Gasteiger partial charge on any atom is 0.155 e. The van der Waals surface area contributed by atoms with E-state index in [4.69, 9.17) is 5.26 Å². The summed E-state index contributed by atoms with van der Waals surface area (Å²) < 4.78 is 0.813. The molecule has 0 aliphatic rings. The van der Waals surface area contributed by atoms with Gasteiger partial charge < -0.3 is 0 Å². The number of nitriles is 1. The monoisotopic (exact) mass is 224 g/mol. The lowest BCUT2D eigenvalue weighted by Crippen LogP contribution is -1.96. The third-order valence-electron chi connectivity index (χ3n) is 2.03. The molecule has 12 heavy (non-hydrogen) atoms. The Morgan fingerprint density at radius 1 is 1.25 bits per heavy atom. The van der Waals surface area contributed by atoms with Crippen molar-refractivity contribution in [2.75, 3.05) is 0 Å². The summed E-state index contributed by atoms with van der Waals surface area (Å²) >= 11 is 3.34. The maximum atomic E-state index is 8.72. The van der Waals surface area contributed by atoms with E-state index in [0.29, 0.717) is 5.69 Å². The summed E-state index contributed by atoms with van der Waals surface area (Å²) in [7, 11) is 0. The molecule has 0 unspecified atom stereocenters. The van der Waals surface area contributed by atoms with Crippen LogP contribution >= 0.6 is 15.9 Å². The van der Waals surface area contributed by atoms with Crippen LogP contribution in [-0.2, 0) is 0 Å². The van der Waals surface area contributed by atoms with E-state index < -0.39 is 0 Å². The van der Waals surface area contributed by atoms with E-state index in [1.54, 1.807) is 0 Å². The van der Waals surface area contributed by atoms with Crippen molar-refractivity contribution < 1.29 is 0 Å². The molecular formula is C9H9BrN2. The van der Waals surface area contributed by atoms with Gasteiger partial charge in [-0.3, -0.25) is 0 Å². The second-order valence-electron chi connectivity index (χ2n) is 2.72. The molecule has 2 nitrogen and oxygen atoms in total. The average Bonchev–Trinajstić information content (AvgIpc) is 2.08. The van der Waals surface area contributed by atoms with Crippen LogP contribution in [0.5, 0.6) is 0 Å². The van der Waals surface area contributed by atoms with Crippen LogP contribution in [0.4, 0.5) is 0 Å². The van der Waals surface area contributed by atoms with Gasteiger partial charge >= 0.3 is 0 Å². The molecule has 1 aromatic rings. The summed E-state index contributed by atoms with van der Waals surface area (Å²) in [6.45, 7) is 5.90. The summed E-state index contributed by atoms with van der Waals surface area (Å²) in [6.07, 6.45) is 0. The molecule has 0 spiro atoms. The lowest BCUT2D eigenvalue weighted by molar-refractivity contribution is 1.08. The minimum absolute atomic E-state index is 0.468. The number of aryl methyl sites for hydroxylation is 1. The zero-order valence-electron chi connectivity index (χ0n) is 7.27. The van der Waals surface area contributed by atoms with Crippen LogP contribution in [-0.4, -0.2) is 4.98 Å². The molecule has 0 saturated carbocycles. The second-order valence-corrected chi connectivity index (χ2v) is 3.51. The Balaban J connectivity index is 3.52. The van der Waals surface area contributed by atoms with E-state index in [2.05, 4.69) is 20.9 Å². The first kappa shape index (κ1) is 9.21. The fraction of sp³-hybridized carbons (Fsp3) is 0.333. The van der Waals surface area contributed by atoms with E-state index in [1.165, 1.54) is 0 Å². The smallest absolute Gasteiger partial charge is 0.155 e. The molecule has 62 valence electrons. The van der Waals surface area contributed by atoms with Gasteiger partial charge in [-0.05, 0) is 47.8 Å². The fourth-order valence-corrected chi connectivity index (χ4v) is 1.46. The van der Waals surface area contributed by atoms with E-state index in [1.807, 2.05) is 26.8 Å². The topological polar surface area (TPSA) is 36.7 Å². The highest BCUT2D eigenvalue weighted by atomic mass is 79.9. The molecule has 3 heteroatoms. The molecule has 0 amide bonds. The van der Waals surface area contributed by atoms with Crippen LogP contribution in [0.1, 0.15) is 22.5 Å². The highest BCUT2D eigenvalue weighted by Crippen LogP contribution is 2.23. The average molecular weight is 225 g/mol. The molecule has 0 saturated heterocycles. The first-order valence-corrected chi connectivity index (χ1v) is 4.40. The normalized spacial score (nSPS) is 9.58. The molecule has 0 aliphatic carbocycles. The summed E-state index contributed by atoms with van der Waals surface area (Å²) in [5, 5.41) is 8.72. The standard InChI is InChI=1S/C9H9BrN2/c1-5-6(2)9(10)8(4-11)12-7(5)3/h1-3H3. The number of nitrogens with zero attached hydrogens (tertiary/aromatic N) is 2. The van der Waals surface area contributed by atoms with Gasteiger partial charge in [0.05, 0.1) is 4.47 Å². The van der Waals surface area contributed by atoms with Crippen LogP contribution in [0.2, 0.25) is 0 Å². The molecule has 1 heterocycles. The third kappa shape index (κ3) is 1.35. The Labute approximate surface area is 80.4 Å². The lowest BCUT2D eigenvalue weighted by atomic mass is 10.1. The molecule has 0 atom stereocenters. The lowest BCUT2D eigenvalue weighted by Gasteiger charge is -2.06. The summed E-state index contributed by atoms with van der Waals surface area (Å²) in [5.74, 6) is 0. The van der Waals surface area contributed by atoms with Crippen molar-refractivity contribution in [2.24, 2.45) is 0 Å². The largest absolute Gasteiger partial charge is 0.241 e. The van der Waals surface area contributed by atoms with Crippen molar-refractivity contribution in [3.05, 3.63) is 27.0 Å². The SMILES string of the molecule is Cc1nc(C#N)c(Br)c(C)c1C. The molecule has 0 fully saturated rings. The van der Waals surface area contributed by atoms with E-state index in [0.717, 1.165) is 21.3 Å². The molecule has 1 aromatic heterocycles. The Bertz CT molecular complexity index is 364. The Morgan fingerprint density at radius 3 is 2.33 bits per heavy atom. The number of aromatic nitrogens is 1. The summed E-state index contributed by atoms with van der Waals surface area (Å²) in [4.78, 5) is 4.14. The second kappa shape index (κ2) is 3.24. The number of hydrogen-bond acceptors (Lipinski definition) is 2. The van der Waals surface area contributed by atoms with Gasteiger partial charge in [0.15, 0.2) is 5.69 Å². The molecule has 0 aliphatic heterocycles. The fourth-order valence-electron chi connectivity index (χ4n) is 0.988. The van der Waals surface area contributed by atoms with Gasteiger partial charge in [0, 0.05) is 5.69 Å². The zero-order chi connectivity index (χ0) is 9.30. The van der Waals surface area contributed by atoms with E-state index in [9.17, 15) is 0 Å². The van der Waals surface area contributed by atoms with Crippen molar-refractivity contribution in [3.63, 3.8) is 0 Å². The van der Waals surface area contributed by atoms with Gasteiger partial charge in [-0.25, -0.2) is 4.98 Å². The first-order valence-electron chi connectivity index (χ1n) is 3.61. The van der Waals surface area contributed by atoms with E-state index in [-0.39, 0.29) is 0 Å². The minimum Gasteiger partial charge on any atom is -0.241 e. The van der Waals surface area contributed by atoms with Gasteiger partial charge in [-0.1, -0.05) is 0 Å². The first-order chi connectivity index (χ1) is 5.57. The van der Waals surface area contributed by atoms with Crippen LogP contribution in [0.15, 0.2) is 4.47 Å². The Hall–Kier alpha value is -0.880. The van der Waals surface area contributed by atoms with Crippen LogP contribution in [0, 0.1) is 32.1 Å².